The van der Waals surface area contributed by atoms with Gasteiger partial charge in [0.25, 0.3) is 0 Å². The Bertz CT molecular complexity index is 452. The molecular formula is C14H15O2Si. The lowest BCUT2D eigenvalue weighted by Gasteiger charge is -2.05. The zero-order valence-electron chi connectivity index (χ0n) is 9.50. The van der Waals surface area contributed by atoms with Gasteiger partial charge < -0.3 is 10.2 Å². The highest BCUT2D eigenvalue weighted by atomic mass is 28.2. The maximum absolute atomic E-state index is 9.63. The summed E-state index contributed by atoms with van der Waals surface area (Å²) < 4.78 is 0. The SMILES string of the molecule is Oc1ccccc1C[SiH]Cc1ccccc1O. The molecular weight excluding hydrogens is 228 g/mol. The topological polar surface area (TPSA) is 40.5 Å². The van der Waals surface area contributed by atoms with Crippen LogP contribution < -0.4 is 0 Å². The summed E-state index contributed by atoms with van der Waals surface area (Å²) in [5.74, 6) is 0.745. The summed E-state index contributed by atoms with van der Waals surface area (Å²) in [5, 5.41) is 19.3. The van der Waals surface area contributed by atoms with Crippen molar-refractivity contribution >= 4 is 9.52 Å². The summed E-state index contributed by atoms with van der Waals surface area (Å²) in [4.78, 5) is 0. The summed E-state index contributed by atoms with van der Waals surface area (Å²) >= 11 is 0. The normalized spacial score (nSPS) is 10.4. The standard InChI is InChI=1S/C14H15O2Si/c15-13-7-3-1-5-11(13)9-17-10-12-6-2-4-8-14(12)16/h1-8,15-17H,9-10H2. The van der Waals surface area contributed by atoms with Gasteiger partial charge in [0.1, 0.15) is 11.5 Å². The highest BCUT2D eigenvalue weighted by molar-refractivity contribution is 6.34. The number of hydrogen-bond acceptors (Lipinski definition) is 2. The van der Waals surface area contributed by atoms with E-state index in [4.69, 9.17) is 0 Å². The molecule has 2 aromatic carbocycles. The van der Waals surface area contributed by atoms with Crippen LogP contribution in [0.25, 0.3) is 0 Å². The van der Waals surface area contributed by atoms with E-state index in [1.807, 2.05) is 36.4 Å². The van der Waals surface area contributed by atoms with Crippen molar-refractivity contribution in [3.63, 3.8) is 0 Å². The first-order chi connectivity index (χ1) is 8.27. The molecule has 1 radical (unpaired) electrons. The monoisotopic (exact) mass is 243 g/mol. The van der Waals surface area contributed by atoms with Crippen molar-refractivity contribution in [1.82, 2.24) is 0 Å². The average molecular weight is 243 g/mol. The van der Waals surface area contributed by atoms with Gasteiger partial charge in [0.2, 0.25) is 0 Å². The Kier molecular flexibility index (Phi) is 3.83. The number of para-hydroxylation sites is 2. The van der Waals surface area contributed by atoms with Gasteiger partial charge in [-0.25, -0.2) is 0 Å². The summed E-state index contributed by atoms with van der Waals surface area (Å²) in [6, 6.07) is 16.7. The van der Waals surface area contributed by atoms with Crippen LogP contribution in [-0.4, -0.2) is 19.7 Å². The first-order valence-corrected chi connectivity index (χ1v) is 7.26. The molecule has 0 aliphatic carbocycles. The first kappa shape index (κ1) is 11.7. The Labute approximate surface area is 103 Å². The zero-order valence-corrected chi connectivity index (χ0v) is 10.7. The van der Waals surface area contributed by atoms with E-state index in [0.29, 0.717) is 11.5 Å². The second kappa shape index (κ2) is 5.55. The zero-order chi connectivity index (χ0) is 12.1. The van der Waals surface area contributed by atoms with Crippen molar-refractivity contribution in [2.75, 3.05) is 0 Å². The third-order valence-corrected chi connectivity index (χ3v) is 4.17. The van der Waals surface area contributed by atoms with Crippen LogP contribution in [0.15, 0.2) is 48.5 Å². The maximum Gasteiger partial charge on any atom is 0.118 e. The second-order valence-corrected chi connectivity index (χ2v) is 5.35. The Morgan fingerprint density at radius 3 is 1.53 bits per heavy atom. The third-order valence-electron chi connectivity index (χ3n) is 2.71. The van der Waals surface area contributed by atoms with E-state index in [0.717, 1.165) is 23.2 Å². The Balaban J connectivity index is 1.93. The largest absolute Gasteiger partial charge is 0.508 e. The first-order valence-electron chi connectivity index (χ1n) is 5.63. The number of aromatic hydroxyl groups is 2. The van der Waals surface area contributed by atoms with Crippen molar-refractivity contribution in [2.45, 2.75) is 12.1 Å². The Morgan fingerprint density at radius 2 is 1.12 bits per heavy atom. The molecule has 0 saturated carbocycles. The summed E-state index contributed by atoms with van der Waals surface area (Å²) in [6.07, 6.45) is 0. The fraction of sp³-hybridized carbons (Fsp3) is 0.143. The lowest BCUT2D eigenvalue weighted by molar-refractivity contribution is 0.470. The Morgan fingerprint density at radius 1 is 0.706 bits per heavy atom. The van der Waals surface area contributed by atoms with Gasteiger partial charge in [-0.3, -0.25) is 0 Å². The quantitative estimate of drug-likeness (QED) is 0.809. The van der Waals surface area contributed by atoms with Crippen molar-refractivity contribution in [2.24, 2.45) is 0 Å². The summed E-state index contributed by atoms with van der Waals surface area (Å²) in [7, 11) is 0.156. The maximum atomic E-state index is 9.63. The molecule has 0 amide bonds. The van der Waals surface area contributed by atoms with Crippen LogP contribution in [0.3, 0.4) is 0 Å². The molecule has 0 aromatic heterocycles. The minimum Gasteiger partial charge on any atom is -0.508 e. The summed E-state index contributed by atoms with van der Waals surface area (Å²) in [6.45, 7) is 0. The van der Waals surface area contributed by atoms with Gasteiger partial charge in [-0.1, -0.05) is 36.4 Å². The smallest absolute Gasteiger partial charge is 0.118 e. The van der Waals surface area contributed by atoms with Crippen LogP contribution in [0.2, 0.25) is 0 Å². The van der Waals surface area contributed by atoms with E-state index in [1.54, 1.807) is 12.1 Å². The second-order valence-electron chi connectivity index (χ2n) is 3.95. The molecule has 0 spiro atoms. The van der Waals surface area contributed by atoms with Crippen LogP contribution in [0.1, 0.15) is 11.1 Å². The molecule has 87 valence electrons. The van der Waals surface area contributed by atoms with Crippen molar-refractivity contribution < 1.29 is 10.2 Å². The van der Waals surface area contributed by atoms with Gasteiger partial charge in [0.05, 0.1) is 0 Å². The lowest BCUT2D eigenvalue weighted by Crippen LogP contribution is -2.02. The fourth-order valence-corrected chi connectivity index (χ4v) is 3.21. The number of phenolic OH excluding ortho intramolecular Hbond substituents is 2. The molecule has 0 saturated heterocycles. The Hall–Kier alpha value is -1.74. The van der Waals surface area contributed by atoms with Crippen molar-refractivity contribution in [3.8, 4) is 11.5 Å². The minimum atomic E-state index is 0.156. The molecule has 0 bridgehead atoms. The molecule has 2 rings (SSSR count). The van der Waals surface area contributed by atoms with Crippen molar-refractivity contribution in [3.05, 3.63) is 59.7 Å². The van der Waals surface area contributed by atoms with Crippen LogP contribution in [-0.2, 0) is 12.1 Å². The van der Waals surface area contributed by atoms with Gasteiger partial charge in [0.15, 0.2) is 0 Å². The highest BCUT2D eigenvalue weighted by Gasteiger charge is 2.03. The van der Waals surface area contributed by atoms with Crippen LogP contribution in [0, 0.1) is 0 Å². The van der Waals surface area contributed by atoms with Gasteiger partial charge in [-0.2, -0.15) is 0 Å². The van der Waals surface area contributed by atoms with E-state index in [-0.39, 0.29) is 9.52 Å². The van der Waals surface area contributed by atoms with Crippen LogP contribution in [0.4, 0.5) is 0 Å². The van der Waals surface area contributed by atoms with E-state index in [1.165, 1.54) is 0 Å². The van der Waals surface area contributed by atoms with Crippen LogP contribution >= 0.6 is 0 Å². The molecule has 3 heteroatoms. The van der Waals surface area contributed by atoms with Crippen molar-refractivity contribution in [1.29, 1.82) is 0 Å². The molecule has 0 heterocycles. The number of rotatable bonds is 4. The molecule has 2 aromatic rings. The van der Waals surface area contributed by atoms with Gasteiger partial charge >= 0.3 is 0 Å². The molecule has 2 N–H and O–H groups in total. The number of hydrogen-bond donors (Lipinski definition) is 2. The van der Waals surface area contributed by atoms with E-state index in [2.05, 4.69) is 0 Å². The van der Waals surface area contributed by atoms with E-state index < -0.39 is 0 Å². The molecule has 0 fully saturated rings. The predicted molar refractivity (Wildman–Crippen MR) is 70.8 cm³/mol. The van der Waals surface area contributed by atoms with E-state index in [9.17, 15) is 10.2 Å². The van der Waals surface area contributed by atoms with Gasteiger partial charge in [-0.05, 0) is 35.3 Å². The third kappa shape index (κ3) is 3.11. The summed E-state index contributed by atoms with van der Waals surface area (Å²) in [5.41, 5.74) is 2.00. The minimum absolute atomic E-state index is 0.156. The molecule has 0 unspecified atom stereocenters. The molecule has 17 heavy (non-hydrogen) atoms. The molecule has 0 aliphatic heterocycles. The van der Waals surface area contributed by atoms with Gasteiger partial charge in [-0.15, -0.1) is 0 Å². The van der Waals surface area contributed by atoms with Gasteiger partial charge in [0, 0.05) is 9.52 Å². The van der Waals surface area contributed by atoms with E-state index >= 15 is 0 Å². The highest BCUT2D eigenvalue weighted by Crippen LogP contribution is 2.18. The fourth-order valence-electron chi connectivity index (χ4n) is 1.75. The molecule has 2 nitrogen and oxygen atoms in total. The average Bonchev–Trinajstić information content (AvgIpc) is 2.34. The lowest BCUT2D eigenvalue weighted by atomic mass is 10.2. The van der Waals surface area contributed by atoms with Crippen LogP contribution in [0.5, 0.6) is 11.5 Å². The molecule has 0 atom stereocenters. The number of benzene rings is 2. The predicted octanol–water partition coefficient (Wildman–Crippen LogP) is 2.23. The molecule has 0 aliphatic rings. The number of phenols is 2.